The van der Waals surface area contributed by atoms with E-state index >= 15 is 0 Å². The van der Waals surface area contributed by atoms with E-state index in [1.807, 2.05) is 0 Å². The smallest absolute Gasteiger partial charge is 0.242 e. The van der Waals surface area contributed by atoms with E-state index in [1.54, 1.807) is 36.1 Å². The van der Waals surface area contributed by atoms with E-state index in [1.165, 1.54) is 24.3 Å². The molecule has 2 fully saturated rings. The number of halogens is 1. The van der Waals surface area contributed by atoms with Crippen LogP contribution in [-0.4, -0.2) is 50.3 Å². The number of nitrogens with one attached hydrogen (secondary N) is 2. The highest BCUT2D eigenvalue weighted by Crippen LogP contribution is 2.31. The molecule has 2 aromatic rings. The van der Waals surface area contributed by atoms with Gasteiger partial charge in [-0.3, -0.25) is 9.59 Å². The molecule has 0 spiro atoms. The first-order chi connectivity index (χ1) is 15.7. The molecule has 0 aromatic heterocycles. The van der Waals surface area contributed by atoms with Crippen molar-refractivity contribution in [3.05, 3.63) is 54.3 Å². The van der Waals surface area contributed by atoms with Gasteiger partial charge in [0.25, 0.3) is 0 Å². The van der Waals surface area contributed by atoms with Crippen LogP contribution in [-0.2, 0) is 19.6 Å². The van der Waals surface area contributed by atoms with E-state index in [2.05, 4.69) is 10.0 Å². The van der Waals surface area contributed by atoms with Gasteiger partial charge in [0.2, 0.25) is 21.8 Å². The Labute approximate surface area is 193 Å². The monoisotopic (exact) mass is 473 g/mol. The van der Waals surface area contributed by atoms with E-state index in [0.29, 0.717) is 19.6 Å². The van der Waals surface area contributed by atoms with Gasteiger partial charge in [-0.25, -0.2) is 12.8 Å². The van der Waals surface area contributed by atoms with Gasteiger partial charge in [0.15, 0.2) is 0 Å². The van der Waals surface area contributed by atoms with Crippen molar-refractivity contribution in [1.29, 1.82) is 0 Å². The van der Waals surface area contributed by atoms with Gasteiger partial charge in [-0.1, -0.05) is 31.2 Å². The van der Waals surface area contributed by atoms with Crippen LogP contribution in [0.15, 0.2) is 53.4 Å². The molecule has 0 aliphatic carbocycles. The zero-order valence-corrected chi connectivity index (χ0v) is 19.3. The maximum absolute atomic E-state index is 13.3. The van der Waals surface area contributed by atoms with Crippen LogP contribution in [0.1, 0.15) is 32.6 Å². The fraction of sp³-hybridized carbons (Fsp3) is 0.417. The predicted octanol–water partition coefficient (Wildman–Crippen LogP) is 2.68. The molecule has 7 nitrogen and oxygen atoms in total. The quantitative estimate of drug-likeness (QED) is 0.674. The van der Waals surface area contributed by atoms with Crippen LogP contribution < -0.4 is 10.0 Å². The summed E-state index contributed by atoms with van der Waals surface area (Å²) in [5, 5.41) is 2.69. The molecule has 2 saturated heterocycles. The van der Waals surface area contributed by atoms with Crippen molar-refractivity contribution in [2.45, 2.75) is 43.0 Å². The summed E-state index contributed by atoms with van der Waals surface area (Å²) in [7, 11) is -4.09. The number of nitrogens with zero attached hydrogens (tertiary/aromatic N) is 1. The van der Waals surface area contributed by atoms with Crippen molar-refractivity contribution in [3.8, 4) is 11.1 Å². The molecular weight excluding hydrogens is 445 g/mol. The lowest BCUT2D eigenvalue weighted by atomic mass is 9.83. The van der Waals surface area contributed by atoms with Crippen molar-refractivity contribution in [2.24, 2.45) is 5.92 Å². The van der Waals surface area contributed by atoms with Crippen LogP contribution >= 0.6 is 0 Å². The summed E-state index contributed by atoms with van der Waals surface area (Å²) < 4.78 is 42.3. The van der Waals surface area contributed by atoms with Crippen LogP contribution in [0.25, 0.3) is 11.1 Å². The van der Waals surface area contributed by atoms with Crippen molar-refractivity contribution >= 4 is 21.8 Å². The first-order valence-electron chi connectivity index (χ1n) is 11.2. The molecule has 2 aromatic carbocycles. The fourth-order valence-electron chi connectivity index (χ4n) is 4.61. The molecule has 2 heterocycles. The topological polar surface area (TPSA) is 95.6 Å². The number of rotatable bonds is 6. The second-order valence-electron chi connectivity index (χ2n) is 8.72. The Bertz CT molecular complexity index is 1130. The number of likely N-dealkylation sites (tertiary alicyclic amines) is 1. The Hall–Kier alpha value is -2.78. The summed E-state index contributed by atoms with van der Waals surface area (Å²) >= 11 is 0. The fourth-order valence-corrected chi connectivity index (χ4v) is 6.07. The molecule has 4 rings (SSSR count). The largest absolute Gasteiger partial charge is 0.354 e. The third-order valence-electron chi connectivity index (χ3n) is 6.65. The second-order valence-corrected chi connectivity index (χ2v) is 10.4. The molecule has 176 valence electrons. The number of benzene rings is 2. The average molecular weight is 474 g/mol. The Morgan fingerprint density at radius 1 is 1.03 bits per heavy atom. The summed E-state index contributed by atoms with van der Waals surface area (Å²) in [6.07, 6.45) is 3.07. The number of hydrogen-bond donors (Lipinski definition) is 2. The lowest BCUT2D eigenvalue weighted by molar-refractivity contribution is -0.142. The lowest BCUT2D eigenvalue weighted by Crippen LogP contribution is -2.61. The van der Waals surface area contributed by atoms with Crippen LogP contribution in [0.3, 0.4) is 0 Å². The van der Waals surface area contributed by atoms with E-state index < -0.39 is 27.4 Å². The van der Waals surface area contributed by atoms with Gasteiger partial charge in [-0.2, -0.15) is 4.72 Å². The van der Waals surface area contributed by atoms with Crippen molar-refractivity contribution in [2.75, 3.05) is 19.6 Å². The van der Waals surface area contributed by atoms with E-state index in [-0.39, 0.29) is 23.0 Å². The number of carbonyl (C=O) groups excluding carboxylic acids is 2. The maximum atomic E-state index is 13.3. The number of carbonyl (C=O) groups is 2. The van der Waals surface area contributed by atoms with Crippen molar-refractivity contribution in [3.63, 3.8) is 0 Å². The van der Waals surface area contributed by atoms with Crippen LogP contribution in [0.2, 0.25) is 0 Å². The number of sulfonamides is 1. The van der Waals surface area contributed by atoms with Crippen LogP contribution in [0.5, 0.6) is 0 Å². The predicted molar refractivity (Wildman–Crippen MR) is 122 cm³/mol. The van der Waals surface area contributed by atoms with Gasteiger partial charge in [0.05, 0.1) is 10.8 Å². The van der Waals surface area contributed by atoms with Crippen molar-refractivity contribution in [1.82, 2.24) is 14.9 Å². The summed E-state index contributed by atoms with van der Waals surface area (Å²) in [6.45, 7) is 3.17. The molecule has 0 radical (unpaired) electrons. The molecule has 2 aliphatic heterocycles. The lowest BCUT2D eigenvalue weighted by Gasteiger charge is -2.37. The third-order valence-corrected chi connectivity index (χ3v) is 8.17. The summed E-state index contributed by atoms with van der Waals surface area (Å²) in [5.41, 5.74) is -0.0557. The molecule has 0 bridgehead atoms. The standard InChI is InChI=1S/C24H28FN3O4S/c1-17(22(29)28-15-3-2-4-16-28)24(13-14-26-23(24)30)27-33(31,32)21-11-7-19(8-12-21)18-5-9-20(25)10-6-18/h5-12,17,27H,2-4,13-16H2,1H3,(H,26,30)/t17-,24+/m1/s1. The molecule has 2 N–H and O–H groups in total. The van der Waals surface area contributed by atoms with Gasteiger partial charge >= 0.3 is 0 Å². The van der Waals surface area contributed by atoms with E-state index in [9.17, 15) is 22.4 Å². The highest BCUT2D eigenvalue weighted by atomic mass is 32.2. The van der Waals surface area contributed by atoms with Crippen LogP contribution in [0.4, 0.5) is 4.39 Å². The van der Waals surface area contributed by atoms with Gasteiger partial charge in [0, 0.05) is 19.6 Å². The van der Waals surface area contributed by atoms with Crippen LogP contribution in [0, 0.1) is 11.7 Å². The summed E-state index contributed by atoms with van der Waals surface area (Å²) in [5.74, 6) is -1.88. The highest BCUT2D eigenvalue weighted by Gasteiger charge is 2.53. The Morgan fingerprint density at radius 2 is 1.61 bits per heavy atom. The minimum atomic E-state index is -4.09. The maximum Gasteiger partial charge on any atom is 0.242 e. The number of hydrogen-bond acceptors (Lipinski definition) is 4. The van der Waals surface area contributed by atoms with E-state index in [4.69, 9.17) is 0 Å². The van der Waals surface area contributed by atoms with Gasteiger partial charge in [-0.05, 0) is 61.1 Å². The molecule has 2 aliphatic rings. The van der Waals surface area contributed by atoms with E-state index in [0.717, 1.165) is 30.4 Å². The summed E-state index contributed by atoms with van der Waals surface area (Å²) in [4.78, 5) is 27.7. The zero-order chi connectivity index (χ0) is 23.6. The first-order valence-corrected chi connectivity index (χ1v) is 12.7. The van der Waals surface area contributed by atoms with Crippen molar-refractivity contribution < 1.29 is 22.4 Å². The molecule has 0 unspecified atom stereocenters. The minimum absolute atomic E-state index is 0.00921. The Morgan fingerprint density at radius 3 is 2.15 bits per heavy atom. The Kier molecular flexibility index (Phi) is 6.54. The number of piperidine rings is 1. The molecular formula is C24H28FN3O4S. The molecule has 9 heteroatoms. The zero-order valence-electron chi connectivity index (χ0n) is 18.5. The molecule has 0 saturated carbocycles. The first kappa shape index (κ1) is 23.4. The van der Waals surface area contributed by atoms with Gasteiger partial charge < -0.3 is 10.2 Å². The highest BCUT2D eigenvalue weighted by molar-refractivity contribution is 7.89. The summed E-state index contributed by atoms with van der Waals surface area (Å²) in [6, 6.07) is 12.1. The molecule has 2 atom stereocenters. The molecule has 33 heavy (non-hydrogen) atoms. The SMILES string of the molecule is C[C@H](C(=O)N1CCCCC1)[C@@]1(NS(=O)(=O)c2ccc(-c3ccc(F)cc3)cc2)CCNC1=O. The normalized spacial score (nSPS) is 22.1. The minimum Gasteiger partial charge on any atom is -0.354 e. The Balaban J connectivity index is 1.59. The third kappa shape index (κ3) is 4.65. The van der Waals surface area contributed by atoms with Gasteiger partial charge in [-0.15, -0.1) is 0 Å². The van der Waals surface area contributed by atoms with Gasteiger partial charge in [0.1, 0.15) is 11.4 Å². The molecule has 2 amide bonds. The second kappa shape index (κ2) is 9.23. The average Bonchev–Trinajstić information content (AvgIpc) is 3.19. The number of amides is 2.